The molecule has 0 fully saturated rings. The zero-order chi connectivity index (χ0) is 11.1. The van der Waals surface area contributed by atoms with Gasteiger partial charge in [0.15, 0.2) is 0 Å². The molecular weight excluding hydrogens is 186 g/mol. The van der Waals surface area contributed by atoms with Crippen molar-refractivity contribution in [2.24, 2.45) is 5.92 Å². The van der Waals surface area contributed by atoms with Crippen LogP contribution < -0.4 is 0 Å². The molecule has 0 aliphatic carbocycles. The molecule has 1 aromatic rings. The van der Waals surface area contributed by atoms with Gasteiger partial charge in [-0.2, -0.15) is 0 Å². The summed E-state index contributed by atoms with van der Waals surface area (Å²) in [4.78, 5) is 15.7. The summed E-state index contributed by atoms with van der Waals surface area (Å²) in [7, 11) is 0. The number of rotatable bonds is 6. The number of aromatic nitrogens is 1. The zero-order valence-corrected chi connectivity index (χ0v) is 9.57. The van der Waals surface area contributed by atoms with Crippen LogP contribution in [0.25, 0.3) is 0 Å². The molecule has 0 bridgehead atoms. The number of hydrogen-bond donors (Lipinski definition) is 0. The van der Waals surface area contributed by atoms with Crippen molar-refractivity contribution in [1.29, 1.82) is 0 Å². The lowest BCUT2D eigenvalue weighted by atomic mass is 9.94. The Morgan fingerprint density at radius 3 is 2.40 bits per heavy atom. The van der Waals surface area contributed by atoms with Crippen LogP contribution in [0.1, 0.15) is 38.7 Å². The SMILES string of the molecule is CCC(CC)CC(=O)Cc1ccncc1. The van der Waals surface area contributed by atoms with E-state index in [0.717, 1.165) is 24.8 Å². The van der Waals surface area contributed by atoms with E-state index in [1.165, 1.54) is 0 Å². The number of Topliss-reactive ketones (excluding diaryl/α,β-unsaturated/α-hetero) is 1. The van der Waals surface area contributed by atoms with Gasteiger partial charge in [0.2, 0.25) is 0 Å². The summed E-state index contributed by atoms with van der Waals surface area (Å²) in [6.45, 7) is 4.29. The molecule has 0 aromatic carbocycles. The average molecular weight is 205 g/mol. The zero-order valence-electron chi connectivity index (χ0n) is 9.57. The Kier molecular flexibility index (Phi) is 5.02. The van der Waals surface area contributed by atoms with E-state index in [-0.39, 0.29) is 0 Å². The summed E-state index contributed by atoms with van der Waals surface area (Å²) in [5.41, 5.74) is 1.07. The van der Waals surface area contributed by atoms with Crippen molar-refractivity contribution in [2.75, 3.05) is 0 Å². The fourth-order valence-electron chi connectivity index (χ4n) is 1.70. The first-order valence-electron chi connectivity index (χ1n) is 5.66. The van der Waals surface area contributed by atoms with Crippen molar-refractivity contribution in [3.63, 3.8) is 0 Å². The van der Waals surface area contributed by atoms with Gasteiger partial charge < -0.3 is 0 Å². The molecule has 0 saturated heterocycles. The Morgan fingerprint density at radius 1 is 1.27 bits per heavy atom. The van der Waals surface area contributed by atoms with Gasteiger partial charge in [0.05, 0.1) is 0 Å². The van der Waals surface area contributed by atoms with Crippen LogP contribution in [0.4, 0.5) is 0 Å². The van der Waals surface area contributed by atoms with Crippen LogP contribution in [0.2, 0.25) is 0 Å². The van der Waals surface area contributed by atoms with E-state index in [2.05, 4.69) is 18.8 Å². The number of hydrogen-bond acceptors (Lipinski definition) is 2. The fourth-order valence-corrected chi connectivity index (χ4v) is 1.70. The molecule has 0 aliphatic rings. The molecule has 0 saturated carbocycles. The van der Waals surface area contributed by atoms with Gasteiger partial charge in [-0.3, -0.25) is 9.78 Å². The minimum absolute atomic E-state index is 0.343. The van der Waals surface area contributed by atoms with E-state index in [4.69, 9.17) is 0 Å². The highest BCUT2D eigenvalue weighted by molar-refractivity contribution is 5.81. The quantitative estimate of drug-likeness (QED) is 0.714. The Balaban J connectivity index is 2.43. The van der Waals surface area contributed by atoms with E-state index in [1.807, 2.05) is 12.1 Å². The Morgan fingerprint density at radius 2 is 1.87 bits per heavy atom. The predicted molar refractivity (Wildman–Crippen MR) is 61.6 cm³/mol. The molecule has 0 atom stereocenters. The third-order valence-corrected chi connectivity index (χ3v) is 2.82. The van der Waals surface area contributed by atoms with Crippen molar-refractivity contribution >= 4 is 5.78 Å². The van der Waals surface area contributed by atoms with Crippen molar-refractivity contribution < 1.29 is 4.79 Å². The van der Waals surface area contributed by atoms with Crippen LogP contribution in [0.5, 0.6) is 0 Å². The smallest absolute Gasteiger partial charge is 0.137 e. The van der Waals surface area contributed by atoms with Gasteiger partial charge in [-0.05, 0) is 23.6 Å². The highest BCUT2D eigenvalue weighted by Crippen LogP contribution is 2.14. The molecule has 1 rings (SSSR count). The molecular formula is C13H19NO. The second kappa shape index (κ2) is 6.33. The first-order valence-corrected chi connectivity index (χ1v) is 5.66. The summed E-state index contributed by atoms with van der Waals surface area (Å²) < 4.78 is 0. The van der Waals surface area contributed by atoms with E-state index < -0.39 is 0 Å². The summed E-state index contributed by atoms with van der Waals surface area (Å²) in [6, 6.07) is 3.82. The molecule has 1 heterocycles. The fraction of sp³-hybridized carbons (Fsp3) is 0.538. The molecule has 82 valence electrons. The van der Waals surface area contributed by atoms with E-state index in [0.29, 0.717) is 18.1 Å². The molecule has 0 N–H and O–H groups in total. The normalized spacial score (nSPS) is 10.6. The molecule has 0 aliphatic heterocycles. The lowest BCUT2D eigenvalue weighted by Crippen LogP contribution is -2.09. The van der Waals surface area contributed by atoms with Crippen LogP contribution in [0.15, 0.2) is 24.5 Å². The number of carbonyl (C=O) groups is 1. The standard InChI is InChI=1S/C13H19NO/c1-3-11(4-2)9-13(15)10-12-5-7-14-8-6-12/h5-8,11H,3-4,9-10H2,1-2H3. The van der Waals surface area contributed by atoms with Crippen molar-refractivity contribution in [2.45, 2.75) is 39.5 Å². The van der Waals surface area contributed by atoms with E-state index >= 15 is 0 Å². The number of carbonyl (C=O) groups excluding carboxylic acids is 1. The molecule has 1 aromatic heterocycles. The monoisotopic (exact) mass is 205 g/mol. The highest BCUT2D eigenvalue weighted by Gasteiger charge is 2.10. The van der Waals surface area contributed by atoms with Gasteiger partial charge in [-0.15, -0.1) is 0 Å². The van der Waals surface area contributed by atoms with Crippen LogP contribution >= 0.6 is 0 Å². The second-order valence-electron chi connectivity index (χ2n) is 3.96. The van der Waals surface area contributed by atoms with Gasteiger partial charge in [0.25, 0.3) is 0 Å². The summed E-state index contributed by atoms with van der Waals surface area (Å²) in [5.74, 6) is 0.897. The second-order valence-corrected chi connectivity index (χ2v) is 3.96. The molecule has 0 radical (unpaired) electrons. The number of ketones is 1. The van der Waals surface area contributed by atoms with Gasteiger partial charge in [0, 0.05) is 25.2 Å². The lowest BCUT2D eigenvalue weighted by Gasteiger charge is -2.10. The van der Waals surface area contributed by atoms with Crippen molar-refractivity contribution in [3.05, 3.63) is 30.1 Å². The third kappa shape index (κ3) is 4.24. The maximum absolute atomic E-state index is 11.7. The summed E-state index contributed by atoms with van der Waals surface area (Å²) >= 11 is 0. The summed E-state index contributed by atoms with van der Waals surface area (Å²) in [5, 5.41) is 0. The minimum Gasteiger partial charge on any atom is -0.299 e. The number of pyridine rings is 1. The van der Waals surface area contributed by atoms with Crippen molar-refractivity contribution in [1.82, 2.24) is 4.98 Å². The third-order valence-electron chi connectivity index (χ3n) is 2.82. The van der Waals surface area contributed by atoms with E-state index in [9.17, 15) is 4.79 Å². The largest absolute Gasteiger partial charge is 0.299 e. The highest BCUT2D eigenvalue weighted by atomic mass is 16.1. The first kappa shape index (κ1) is 11.9. The summed E-state index contributed by atoms with van der Waals surface area (Å²) in [6.07, 6.45) is 6.94. The van der Waals surface area contributed by atoms with Gasteiger partial charge in [-0.25, -0.2) is 0 Å². The Bertz CT molecular complexity index is 291. The van der Waals surface area contributed by atoms with Crippen molar-refractivity contribution in [3.8, 4) is 0 Å². The lowest BCUT2D eigenvalue weighted by molar-refractivity contribution is -0.119. The minimum atomic E-state index is 0.343. The maximum Gasteiger partial charge on any atom is 0.137 e. The molecule has 0 spiro atoms. The predicted octanol–water partition coefficient (Wildman–Crippen LogP) is 3.02. The van der Waals surface area contributed by atoms with Crippen LogP contribution in [0.3, 0.4) is 0 Å². The van der Waals surface area contributed by atoms with Crippen LogP contribution in [0, 0.1) is 5.92 Å². The topological polar surface area (TPSA) is 30.0 Å². The van der Waals surface area contributed by atoms with E-state index in [1.54, 1.807) is 12.4 Å². The van der Waals surface area contributed by atoms with Crippen LogP contribution in [-0.2, 0) is 11.2 Å². The molecule has 2 nitrogen and oxygen atoms in total. The Hall–Kier alpha value is -1.18. The maximum atomic E-state index is 11.7. The number of nitrogens with zero attached hydrogens (tertiary/aromatic N) is 1. The average Bonchev–Trinajstić information content (AvgIpc) is 2.27. The van der Waals surface area contributed by atoms with Crippen LogP contribution in [-0.4, -0.2) is 10.8 Å². The van der Waals surface area contributed by atoms with Gasteiger partial charge >= 0.3 is 0 Å². The first-order chi connectivity index (χ1) is 7.26. The molecule has 0 unspecified atom stereocenters. The van der Waals surface area contributed by atoms with Gasteiger partial charge in [-0.1, -0.05) is 26.7 Å². The molecule has 2 heteroatoms. The molecule has 15 heavy (non-hydrogen) atoms. The van der Waals surface area contributed by atoms with Gasteiger partial charge in [0.1, 0.15) is 5.78 Å². The Labute approximate surface area is 91.7 Å². The molecule has 0 amide bonds.